The molecule has 0 fully saturated rings. The van der Waals surface area contributed by atoms with Gasteiger partial charge in [-0.05, 0) is 35.9 Å². The van der Waals surface area contributed by atoms with E-state index < -0.39 is 17.5 Å². The van der Waals surface area contributed by atoms with Crippen LogP contribution in [0.4, 0.5) is 10.1 Å². The summed E-state index contributed by atoms with van der Waals surface area (Å²) >= 11 is 11.9. The number of halogens is 3. The van der Waals surface area contributed by atoms with Gasteiger partial charge in [-0.3, -0.25) is 14.5 Å². The largest absolute Gasteiger partial charge is 0.299 e. The summed E-state index contributed by atoms with van der Waals surface area (Å²) in [5.41, 5.74) is 0.600. The number of hydrogen-bond donors (Lipinski definition) is 0. The second kappa shape index (κ2) is 5.13. The second-order valence-corrected chi connectivity index (χ2v) is 5.44. The van der Waals surface area contributed by atoms with E-state index >= 15 is 0 Å². The number of anilines is 1. The van der Waals surface area contributed by atoms with E-state index in [4.69, 9.17) is 23.2 Å². The third-order valence-electron chi connectivity index (χ3n) is 3.28. The van der Waals surface area contributed by atoms with Crippen molar-refractivity contribution in [2.24, 2.45) is 0 Å². The van der Waals surface area contributed by atoms with Crippen molar-refractivity contribution in [2.45, 2.75) is 6.54 Å². The molecule has 1 aliphatic heterocycles. The third kappa shape index (κ3) is 2.30. The number of rotatable bonds is 2. The molecule has 0 unspecified atom stereocenters. The van der Waals surface area contributed by atoms with Crippen molar-refractivity contribution in [3.8, 4) is 0 Å². The van der Waals surface area contributed by atoms with E-state index in [1.807, 2.05) is 0 Å². The molecule has 3 rings (SSSR count). The molecule has 1 aliphatic rings. The van der Waals surface area contributed by atoms with Crippen molar-refractivity contribution in [1.29, 1.82) is 0 Å². The molecule has 3 nitrogen and oxygen atoms in total. The molecule has 0 aromatic heterocycles. The average molecular weight is 324 g/mol. The van der Waals surface area contributed by atoms with Gasteiger partial charge >= 0.3 is 0 Å². The van der Waals surface area contributed by atoms with E-state index in [1.54, 1.807) is 18.2 Å². The van der Waals surface area contributed by atoms with Crippen LogP contribution in [0.2, 0.25) is 10.0 Å². The van der Waals surface area contributed by atoms with Crippen LogP contribution in [-0.2, 0) is 11.3 Å². The maximum Gasteiger partial charge on any atom is 0.299 e. The number of hydrogen-bond acceptors (Lipinski definition) is 2. The number of nitrogens with zero attached hydrogens (tertiary/aromatic N) is 1. The summed E-state index contributed by atoms with van der Waals surface area (Å²) in [6.07, 6.45) is 0. The van der Waals surface area contributed by atoms with Gasteiger partial charge in [-0.1, -0.05) is 29.3 Å². The minimum absolute atomic E-state index is 0.0106. The molecule has 6 heteroatoms. The van der Waals surface area contributed by atoms with Gasteiger partial charge in [0.1, 0.15) is 5.82 Å². The first-order valence-corrected chi connectivity index (χ1v) is 6.83. The van der Waals surface area contributed by atoms with Crippen LogP contribution in [-0.4, -0.2) is 11.7 Å². The van der Waals surface area contributed by atoms with Gasteiger partial charge in [0.05, 0.1) is 17.8 Å². The fourth-order valence-electron chi connectivity index (χ4n) is 2.30. The van der Waals surface area contributed by atoms with Crippen molar-refractivity contribution < 1.29 is 14.0 Å². The monoisotopic (exact) mass is 323 g/mol. The molecule has 0 aliphatic carbocycles. The Balaban J connectivity index is 2.06. The number of ketones is 1. The molecule has 0 N–H and O–H groups in total. The van der Waals surface area contributed by atoms with Gasteiger partial charge in [0, 0.05) is 10.0 Å². The number of Topliss-reactive ketones (excluding diaryl/α,β-unsaturated/α-hetero) is 1. The van der Waals surface area contributed by atoms with Crippen molar-refractivity contribution in [3.05, 3.63) is 63.4 Å². The van der Waals surface area contributed by atoms with E-state index in [9.17, 15) is 14.0 Å². The maximum atomic E-state index is 14.0. The fourth-order valence-corrected chi connectivity index (χ4v) is 2.67. The third-order valence-corrected chi connectivity index (χ3v) is 3.88. The summed E-state index contributed by atoms with van der Waals surface area (Å²) < 4.78 is 14.0. The second-order valence-electron chi connectivity index (χ2n) is 4.59. The molecule has 2 aromatic rings. The van der Waals surface area contributed by atoms with Gasteiger partial charge in [0.25, 0.3) is 11.7 Å². The maximum absolute atomic E-state index is 14.0. The fraction of sp³-hybridized carbons (Fsp3) is 0.0667. The lowest BCUT2D eigenvalue weighted by molar-refractivity contribution is -0.114. The lowest BCUT2D eigenvalue weighted by Gasteiger charge is -2.18. The number of benzene rings is 2. The van der Waals surface area contributed by atoms with E-state index in [0.717, 1.165) is 4.90 Å². The number of para-hydroxylation sites is 1. The highest BCUT2D eigenvalue weighted by atomic mass is 35.5. The molecule has 0 saturated carbocycles. The highest BCUT2D eigenvalue weighted by molar-refractivity contribution is 6.52. The molecular formula is C15H8Cl2FNO2. The Labute approximate surface area is 129 Å². The van der Waals surface area contributed by atoms with E-state index in [0.29, 0.717) is 15.6 Å². The molecule has 0 bridgehead atoms. The standard InChI is InChI=1S/C15H8Cl2FNO2/c16-9-4-5-11(17)8(6-9)7-19-13-10(14(20)15(19)21)2-1-3-12(13)18/h1-6H,7H2. The van der Waals surface area contributed by atoms with Crippen molar-refractivity contribution in [3.63, 3.8) is 0 Å². The lowest BCUT2D eigenvalue weighted by atomic mass is 10.1. The van der Waals surface area contributed by atoms with Crippen LogP contribution in [0.25, 0.3) is 0 Å². The van der Waals surface area contributed by atoms with E-state index in [1.165, 1.54) is 18.2 Å². The number of fused-ring (bicyclic) bond motifs is 1. The molecule has 0 radical (unpaired) electrons. The Morgan fingerprint density at radius 1 is 1.10 bits per heavy atom. The van der Waals surface area contributed by atoms with Crippen LogP contribution in [0.5, 0.6) is 0 Å². The average Bonchev–Trinajstić information content (AvgIpc) is 2.69. The summed E-state index contributed by atoms with van der Waals surface area (Å²) in [5, 5.41) is 0.838. The molecule has 1 heterocycles. The predicted molar refractivity (Wildman–Crippen MR) is 78.4 cm³/mol. The molecule has 1 amide bonds. The normalized spacial score (nSPS) is 13.8. The first kappa shape index (κ1) is 14.0. The molecule has 0 spiro atoms. The Hall–Kier alpha value is -1.91. The topological polar surface area (TPSA) is 37.4 Å². The Kier molecular flexibility index (Phi) is 3.43. The lowest BCUT2D eigenvalue weighted by Crippen LogP contribution is -2.29. The summed E-state index contributed by atoms with van der Waals surface area (Å²) in [4.78, 5) is 25.0. The van der Waals surface area contributed by atoms with Crippen LogP contribution in [0.1, 0.15) is 15.9 Å². The summed E-state index contributed by atoms with van der Waals surface area (Å²) in [6.45, 7) is -0.0160. The van der Waals surface area contributed by atoms with Crippen LogP contribution in [0.15, 0.2) is 36.4 Å². The summed E-state index contributed by atoms with van der Waals surface area (Å²) in [5.74, 6) is -2.11. The van der Waals surface area contributed by atoms with Crippen LogP contribution >= 0.6 is 23.2 Å². The first-order valence-electron chi connectivity index (χ1n) is 6.07. The van der Waals surface area contributed by atoms with E-state index in [2.05, 4.69) is 0 Å². The van der Waals surface area contributed by atoms with Gasteiger partial charge in [-0.15, -0.1) is 0 Å². The summed E-state index contributed by atoms with van der Waals surface area (Å²) in [7, 11) is 0. The molecule has 0 saturated heterocycles. The van der Waals surface area contributed by atoms with Crippen LogP contribution < -0.4 is 4.90 Å². The zero-order valence-electron chi connectivity index (χ0n) is 10.6. The zero-order valence-corrected chi connectivity index (χ0v) is 12.1. The van der Waals surface area contributed by atoms with Gasteiger partial charge in [0.15, 0.2) is 0 Å². The Bertz CT molecular complexity index is 776. The zero-order chi connectivity index (χ0) is 15.1. The van der Waals surface area contributed by atoms with Crippen LogP contribution in [0.3, 0.4) is 0 Å². The van der Waals surface area contributed by atoms with Crippen molar-refractivity contribution >= 4 is 40.6 Å². The van der Waals surface area contributed by atoms with Gasteiger partial charge < -0.3 is 0 Å². The highest BCUT2D eigenvalue weighted by Crippen LogP contribution is 2.34. The number of carbonyl (C=O) groups is 2. The van der Waals surface area contributed by atoms with Gasteiger partial charge in [-0.25, -0.2) is 4.39 Å². The molecular weight excluding hydrogens is 316 g/mol. The minimum atomic E-state index is -0.772. The van der Waals surface area contributed by atoms with Gasteiger partial charge in [0.2, 0.25) is 0 Å². The molecule has 106 valence electrons. The SMILES string of the molecule is O=C1C(=O)N(Cc2cc(Cl)ccc2Cl)c2c(F)cccc21. The predicted octanol–water partition coefficient (Wildman–Crippen LogP) is 3.86. The smallest absolute Gasteiger partial charge is 0.297 e. The van der Waals surface area contributed by atoms with E-state index in [-0.39, 0.29) is 17.8 Å². The highest BCUT2D eigenvalue weighted by Gasteiger charge is 2.38. The first-order chi connectivity index (χ1) is 9.99. The van der Waals surface area contributed by atoms with Crippen molar-refractivity contribution in [1.82, 2.24) is 0 Å². The molecule has 2 aromatic carbocycles. The summed E-state index contributed by atoms with van der Waals surface area (Å²) in [6, 6.07) is 8.81. The number of carbonyl (C=O) groups excluding carboxylic acids is 2. The quantitative estimate of drug-likeness (QED) is 0.787. The number of amides is 1. The Morgan fingerprint density at radius 3 is 2.62 bits per heavy atom. The van der Waals surface area contributed by atoms with Gasteiger partial charge in [-0.2, -0.15) is 0 Å². The van der Waals surface area contributed by atoms with Crippen molar-refractivity contribution in [2.75, 3.05) is 4.90 Å². The molecule has 21 heavy (non-hydrogen) atoms. The molecule has 0 atom stereocenters. The van der Waals surface area contributed by atoms with Crippen LogP contribution in [0, 0.1) is 5.82 Å². The Morgan fingerprint density at radius 2 is 1.86 bits per heavy atom. The minimum Gasteiger partial charge on any atom is -0.297 e.